The molecule has 0 radical (unpaired) electrons. The molecule has 2 atom stereocenters. The fraction of sp³-hybridized carbons (Fsp3) is 0.917. The molecule has 2 fully saturated rings. The van der Waals surface area contributed by atoms with Crippen molar-refractivity contribution in [2.45, 2.75) is 32.2 Å². The van der Waals surface area contributed by atoms with E-state index < -0.39 is 0 Å². The van der Waals surface area contributed by atoms with Crippen molar-refractivity contribution >= 4 is 17.7 Å². The Kier molecular flexibility index (Phi) is 3.80. The average molecular weight is 242 g/mol. The van der Waals surface area contributed by atoms with Crippen molar-refractivity contribution in [2.24, 2.45) is 5.41 Å². The molecule has 2 rings (SSSR count). The highest BCUT2D eigenvalue weighted by molar-refractivity contribution is 7.99. The summed E-state index contributed by atoms with van der Waals surface area (Å²) in [6, 6.07) is 0.474. The van der Waals surface area contributed by atoms with Crippen LogP contribution in [0.1, 0.15) is 26.2 Å². The van der Waals surface area contributed by atoms with E-state index in [1.54, 1.807) is 0 Å². The number of carbonyl (C=O) groups excluding carboxylic acids is 1. The monoisotopic (exact) mass is 242 g/mol. The summed E-state index contributed by atoms with van der Waals surface area (Å²) >= 11 is 1.97. The SMILES string of the molecule is CCC1(C(=O)N(C)C2CCSC2)CCNC1. The third kappa shape index (κ3) is 2.09. The molecule has 0 aromatic heterocycles. The highest BCUT2D eigenvalue weighted by atomic mass is 32.2. The summed E-state index contributed by atoms with van der Waals surface area (Å²) in [5, 5.41) is 3.34. The van der Waals surface area contributed by atoms with E-state index in [9.17, 15) is 4.79 Å². The van der Waals surface area contributed by atoms with E-state index in [2.05, 4.69) is 12.2 Å². The van der Waals surface area contributed by atoms with E-state index in [1.165, 1.54) is 12.2 Å². The summed E-state index contributed by atoms with van der Waals surface area (Å²) in [6.45, 7) is 4.00. The molecule has 2 saturated heterocycles. The number of thioether (sulfide) groups is 1. The van der Waals surface area contributed by atoms with Gasteiger partial charge in [-0.25, -0.2) is 0 Å². The van der Waals surface area contributed by atoms with Crippen LogP contribution in [0.4, 0.5) is 0 Å². The highest BCUT2D eigenvalue weighted by Crippen LogP contribution is 2.33. The number of nitrogens with zero attached hydrogens (tertiary/aromatic N) is 1. The summed E-state index contributed by atoms with van der Waals surface area (Å²) in [4.78, 5) is 14.6. The van der Waals surface area contributed by atoms with Gasteiger partial charge in [-0.1, -0.05) is 6.92 Å². The fourth-order valence-electron chi connectivity index (χ4n) is 2.75. The second-order valence-electron chi connectivity index (χ2n) is 4.99. The Balaban J connectivity index is 2.04. The molecule has 1 amide bonds. The van der Waals surface area contributed by atoms with E-state index >= 15 is 0 Å². The Hall–Kier alpha value is -0.220. The molecule has 16 heavy (non-hydrogen) atoms. The maximum Gasteiger partial charge on any atom is 0.230 e. The first-order chi connectivity index (χ1) is 7.69. The molecule has 2 aliphatic rings. The van der Waals surface area contributed by atoms with Crippen LogP contribution in [-0.4, -0.2) is 48.5 Å². The topological polar surface area (TPSA) is 32.3 Å². The number of nitrogens with one attached hydrogen (secondary N) is 1. The third-order valence-corrected chi connectivity index (χ3v) is 5.29. The van der Waals surface area contributed by atoms with Gasteiger partial charge in [-0.3, -0.25) is 4.79 Å². The molecule has 4 heteroatoms. The fourth-order valence-corrected chi connectivity index (χ4v) is 4.01. The zero-order valence-corrected chi connectivity index (χ0v) is 11.1. The molecule has 2 aliphatic heterocycles. The van der Waals surface area contributed by atoms with Crippen molar-refractivity contribution in [3.63, 3.8) is 0 Å². The van der Waals surface area contributed by atoms with Gasteiger partial charge in [-0.15, -0.1) is 0 Å². The summed E-state index contributed by atoms with van der Waals surface area (Å²) in [5.41, 5.74) is -0.109. The van der Waals surface area contributed by atoms with E-state index in [1.807, 2.05) is 23.7 Å². The first-order valence-corrected chi connectivity index (χ1v) is 7.41. The summed E-state index contributed by atoms with van der Waals surface area (Å²) in [5.74, 6) is 2.70. The Morgan fingerprint density at radius 2 is 2.44 bits per heavy atom. The van der Waals surface area contributed by atoms with Crippen molar-refractivity contribution in [2.75, 3.05) is 31.6 Å². The molecule has 2 heterocycles. The quantitative estimate of drug-likeness (QED) is 0.810. The lowest BCUT2D eigenvalue weighted by Gasteiger charge is -2.34. The zero-order chi connectivity index (χ0) is 11.6. The number of amides is 1. The van der Waals surface area contributed by atoms with Gasteiger partial charge in [0.05, 0.1) is 5.41 Å². The maximum absolute atomic E-state index is 12.6. The van der Waals surface area contributed by atoms with E-state index in [0.717, 1.165) is 31.7 Å². The van der Waals surface area contributed by atoms with Gasteiger partial charge in [0.1, 0.15) is 0 Å². The Labute approximate surface area is 102 Å². The van der Waals surface area contributed by atoms with Crippen molar-refractivity contribution in [1.29, 1.82) is 0 Å². The lowest BCUT2D eigenvalue weighted by Crippen LogP contribution is -2.47. The molecule has 3 nitrogen and oxygen atoms in total. The minimum Gasteiger partial charge on any atom is -0.341 e. The lowest BCUT2D eigenvalue weighted by molar-refractivity contribution is -0.141. The van der Waals surface area contributed by atoms with Crippen LogP contribution in [0, 0.1) is 5.41 Å². The molecule has 92 valence electrons. The molecular weight excluding hydrogens is 220 g/mol. The molecule has 0 bridgehead atoms. The zero-order valence-electron chi connectivity index (χ0n) is 10.3. The number of rotatable bonds is 3. The van der Waals surface area contributed by atoms with Crippen LogP contribution in [0.3, 0.4) is 0 Å². The molecule has 0 aromatic rings. The highest BCUT2D eigenvalue weighted by Gasteiger charge is 2.42. The van der Waals surface area contributed by atoms with Gasteiger partial charge in [-0.05, 0) is 31.6 Å². The van der Waals surface area contributed by atoms with Gasteiger partial charge in [0.2, 0.25) is 5.91 Å². The van der Waals surface area contributed by atoms with Gasteiger partial charge in [-0.2, -0.15) is 11.8 Å². The van der Waals surface area contributed by atoms with Crippen LogP contribution >= 0.6 is 11.8 Å². The standard InChI is InChI=1S/C12H22N2OS/c1-3-12(5-6-13-9-12)11(15)14(2)10-4-7-16-8-10/h10,13H,3-9H2,1-2H3. The summed E-state index contributed by atoms with van der Waals surface area (Å²) in [6.07, 6.45) is 3.13. The van der Waals surface area contributed by atoms with Crippen molar-refractivity contribution in [3.05, 3.63) is 0 Å². The number of carbonyl (C=O) groups is 1. The molecular formula is C12H22N2OS. The second kappa shape index (κ2) is 4.96. The first kappa shape index (κ1) is 12.2. The predicted molar refractivity (Wildman–Crippen MR) is 68.7 cm³/mol. The minimum absolute atomic E-state index is 0.109. The van der Waals surface area contributed by atoms with Crippen LogP contribution in [-0.2, 0) is 4.79 Å². The molecule has 0 spiro atoms. The Bertz CT molecular complexity index is 258. The van der Waals surface area contributed by atoms with E-state index in [4.69, 9.17) is 0 Å². The van der Waals surface area contributed by atoms with Crippen LogP contribution in [0.25, 0.3) is 0 Å². The van der Waals surface area contributed by atoms with Crippen molar-refractivity contribution < 1.29 is 4.79 Å². The van der Waals surface area contributed by atoms with Crippen LogP contribution in [0.5, 0.6) is 0 Å². The van der Waals surface area contributed by atoms with Crippen LogP contribution in [0.15, 0.2) is 0 Å². The van der Waals surface area contributed by atoms with Crippen LogP contribution < -0.4 is 5.32 Å². The summed E-state index contributed by atoms with van der Waals surface area (Å²) in [7, 11) is 1.99. The predicted octanol–water partition coefficient (Wildman–Crippen LogP) is 1.34. The van der Waals surface area contributed by atoms with Gasteiger partial charge in [0, 0.05) is 25.4 Å². The second-order valence-corrected chi connectivity index (χ2v) is 6.14. The number of hydrogen-bond acceptors (Lipinski definition) is 3. The Morgan fingerprint density at radius 3 is 2.94 bits per heavy atom. The van der Waals surface area contributed by atoms with Crippen LogP contribution in [0.2, 0.25) is 0 Å². The Morgan fingerprint density at radius 1 is 1.62 bits per heavy atom. The third-order valence-electron chi connectivity index (χ3n) is 4.15. The lowest BCUT2D eigenvalue weighted by atomic mass is 9.82. The first-order valence-electron chi connectivity index (χ1n) is 6.25. The summed E-state index contributed by atoms with van der Waals surface area (Å²) < 4.78 is 0. The number of hydrogen-bond donors (Lipinski definition) is 1. The largest absolute Gasteiger partial charge is 0.341 e. The van der Waals surface area contributed by atoms with Gasteiger partial charge in [0.15, 0.2) is 0 Å². The maximum atomic E-state index is 12.6. The van der Waals surface area contributed by atoms with Crippen molar-refractivity contribution in [1.82, 2.24) is 10.2 Å². The minimum atomic E-state index is -0.109. The normalized spacial score (nSPS) is 34.2. The molecule has 2 unspecified atom stereocenters. The van der Waals surface area contributed by atoms with E-state index in [-0.39, 0.29) is 5.41 Å². The molecule has 0 saturated carbocycles. The smallest absolute Gasteiger partial charge is 0.230 e. The molecule has 0 aromatic carbocycles. The average Bonchev–Trinajstić information content (AvgIpc) is 2.98. The van der Waals surface area contributed by atoms with Gasteiger partial charge in [0.25, 0.3) is 0 Å². The van der Waals surface area contributed by atoms with Gasteiger partial charge < -0.3 is 10.2 Å². The molecule has 0 aliphatic carbocycles. The molecule has 1 N–H and O–H groups in total. The van der Waals surface area contributed by atoms with Crippen molar-refractivity contribution in [3.8, 4) is 0 Å². The van der Waals surface area contributed by atoms with E-state index in [0.29, 0.717) is 11.9 Å². The van der Waals surface area contributed by atoms with Gasteiger partial charge >= 0.3 is 0 Å².